The third kappa shape index (κ3) is 5.14. The standard InChI is InChI=1S/C24H30ClN7O3S/c1-16-15-32-22(27-23(16)31-12-6-4-10-26-31)14-20(28-32)21-7-3-5-11-30(21)24(33)18-13-17(25)8-9-19(18)29-36(2,34)35/h8-9,13-15,21,26,29H,3-7,10-12H2,1-2H3. The summed E-state index contributed by atoms with van der Waals surface area (Å²) in [4.78, 5) is 20.4. The Hall–Kier alpha value is -2.89. The van der Waals surface area contributed by atoms with E-state index < -0.39 is 10.0 Å². The molecule has 0 saturated carbocycles. The largest absolute Gasteiger partial charge is 0.330 e. The van der Waals surface area contributed by atoms with Gasteiger partial charge in [0.1, 0.15) is 5.82 Å². The Bertz CT molecular complexity index is 1400. The van der Waals surface area contributed by atoms with Crippen LogP contribution in [-0.2, 0) is 10.0 Å². The van der Waals surface area contributed by atoms with Crippen LogP contribution in [0.25, 0.3) is 5.65 Å². The number of hydrogen-bond acceptors (Lipinski definition) is 7. The van der Waals surface area contributed by atoms with Crippen molar-refractivity contribution in [3.8, 4) is 0 Å². The molecule has 12 heteroatoms. The van der Waals surface area contributed by atoms with Crippen molar-refractivity contribution in [2.75, 3.05) is 35.6 Å². The maximum atomic E-state index is 13.7. The van der Waals surface area contributed by atoms with Gasteiger partial charge in [0.25, 0.3) is 5.91 Å². The molecule has 192 valence electrons. The quantitative estimate of drug-likeness (QED) is 0.518. The Morgan fingerprint density at radius 3 is 2.72 bits per heavy atom. The van der Waals surface area contributed by atoms with E-state index in [0.29, 0.717) is 11.6 Å². The van der Waals surface area contributed by atoms with Gasteiger partial charge in [-0.3, -0.25) is 14.5 Å². The maximum absolute atomic E-state index is 13.7. The molecule has 2 saturated heterocycles. The number of piperidine rings is 1. The summed E-state index contributed by atoms with van der Waals surface area (Å²) in [6.45, 7) is 4.39. The normalized spacial score (nSPS) is 19.0. The van der Waals surface area contributed by atoms with Crippen molar-refractivity contribution in [1.29, 1.82) is 0 Å². The van der Waals surface area contributed by atoms with Crippen LogP contribution >= 0.6 is 11.6 Å². The van der Waals surface area contributed by atoms with Crippen molar-refractivity contribution in [1.82, 2.24) is 24.9 Å². The summed E-state index contributed by atoms with van der Waals surface area (Å²) >= 11 is 6.19. The van der Waals surface area contributed by atoms with Crippen LogP contribution in [0.4, 0.5) is 11.5 Å². The molecule has 2 N–H and O–H groups in total. The van der Waals surface area contributed by atoms with Crippen molar-refractivity contribution >= 4 is 44.7 Å². The molecule has 1 unspecified atom stereocenters. The van der Waals surface area contributed by atoms with Gasteiger partial charge in [0.05, 0.1) is 29.2 Å². The van der Waals surface area contributed by atoms with Gasteiger partial charge in [0.2, 0.25) is 10.0 Å². The van der Waals surface area contributed by atoms with Crippen LogP contribution in [0.5, 0.6) is 0 Å². The lowest BCUT2D eigenvalue weighted by Crippen LogP contribution is -2.44. The number of nitrogens with zero attached hydrogens (tertiary/aromatic N) is 5. The first-order chi connectivity index (χ1) is 17.2. The van der Waals surface area contributed by atoms with Gasteiger partial charge in [0, 0.05) is 42.5 Å². The molecule has 4 heterocycles. The zero-order chi connectivity index (χ0) is 25.4. The predicted octanol–water partition coefficient (Wildman–Crippen LogP) is 3.53. The number of halogens is 1. The van der Waals surface area contributed by atoms with Crippen LogP contribution in [0.3, 0.4) is 0 Å². The summed E-state index contributed by atoms with van der Waals surface area (Å²) in [5.41, 5.74) is 6.33. The van der Waals surface area contributed by atoms with E-state index in [0.717, 1.165) is 74.2 Å². The molecule has 2 fully saturated rings. The Morgan fingerprint density at radius 1 is 1.17 bits per heavy atom. The molecule has 1 amide bonds. The second-order valence-corrected chi connectivity index (χ2v) is 11.6. The monoisotopic (exact) mass is 531 g/mol. The number of aromatic nitrogens is 3. The van der Waals surface area contributed by atoms with Crippen molar-refractivity contribution in [2.24, 2.45) is 0 Å². The molecule has 0 radical (unpaired) electrons. The lowest BCUT2D eigenvalue weighted by molar-refractivity contribution is 0.0607. The maximum Gasteiger partial charge on any atom is 0.256 e. The molecule has 0 bridgehead atoms. The van der Waals surface area contributed by atoms with E-state index in [-0.39, 0.29) is 23.2 Å². The number of aryl methyl sites for hydroxylation is 1. The Kier molecular flexibility index (Phi) is 6.80. The van der Waals surface area contributed by atoms with E-state index in [1.807, 2.05) is 19.2 Å². The number of sulfonamides is 1. The Labute approximate surface area is 215 Å². The van der Waals surface area contributed by atoms with E-state index in [1.165, 1.54) is 12.1 Å². The smallest absolute Gasteiger partial charge is 0.256 e. The number of benzene rings is 1. The van der Waals surface area contributed by atoms with Crippen LogP contribution in [0, 0.1) is 6.92 Å². The van der Waals surface area contributed by atoms with Gasteiger partial charge in [-0.1, -0.05) is 11.6 Å². The second-order valence-electron chi connectivity index (χ2n) is 9.46. The molecular weight excluding hydrogens is 502 g/mol. The predicted molar refractivity (Wildman–Crippen MR) is 140 cm³/mol. The van der Waals surface area contributed by atoms with E-state index in [1.54, 1.807) is 15.5 Å². The summed E-state index contributed by atoms with van der Waals surface area (Å²) < 4.78 is 28.0. The summed E-state index contributed by atoms with van der Waals surface area (Å²) in [7, 11) is -3.57. The van der Waals surface area contributed by atoms with Crippen LogP contribution in [-0.4, -0.2) is 59.7 Å². The molecule has 2 aliphatic heterocycles. The van der Waals surface area contributed by atoms with Crippen molar-refractivity contribution in [2.45, 2.75) is 45.1 Å². The molecule has 1 aromatic carbocycles. The molecule has 5 rings (SSSR count). The third-order valence-corrected chi connectivity index (χ3v) is 7.43. The van der Waals surface area contributed by atoms with Gasteiger partial charge in [-0.15, -0.1) is 0 Å². The average Bonchev–Trinajstić information content (AvgIpc) is 3.26. The zero-order valence-corrected chi connectivity index (χ0v) is 21.9. The van der Waals surface area contributed by atoms with E-state index in [2.05, 4.69) is 15.2 Å². The highest BCUT2D eigenvalue weighted by molar-refractivity contribution is 7.92. The summed E-state index contributed by atoms with van der Waals surface area (Å²) in [5, 5.41) is 7.25. The lowest BCUT2D eigenvalue weighted by Gasteiger charge is -2.35. The first kappa shape index (κ1) is 24.8. The first-order valence-corrected chi connectivity index (χ1v) is 14.4. The molecule has 3 aromatic rings. The fraction of sp³-hybridized carbons (Fsp3) is 0.458. The summed E-state index contributed by atoms with van der Waals surface area (Å²) in [5.74, 6) is 0.605. The lowest BCUT2D eigenvalue weighted by atomic mass is 9.98. The molecular formula is C24H30ClN7O3S. The number of hydrazine groups is 1. The number of likely N-dealkylation sites (tertiary alicyclic amines) is 1. The van der Waals surface area contributed by atoms with E-state index in [4.69, 9.17) is 21.7 Å². The molecule has 2 aromatic heterocycles. The topological polar surface area (TPSA) is 112 Å². The van der Waals surface area contributed by atoms with Crippen molar-refractivity contribution < 1.29 is 13.2 Å². The van der Waals surface area contributed by atoms with Gasteiger partial charge >= 0.3 is 0 Å². The van der Waals surface area contributed by atoms with Crippen molar-refractivity contribution in [3.63, 3.8) is 0 Å². The number of anilines is 2. The Morgan fingerprint density at radius 2 is 1.97 bits per heavy atom. The number of nitrogens with one attached hydrogen (secondary N) is 2. The molecule has 36 heavy (non-hydrogen) atoms. The number of hydrogen-bond donors (Lipinski definition) is 2. The van der Waals surface area contributed by atoms with Gasteiger partial charge in [0.15, 0.2) is 5.65 Å². The average molecular weight is 532 g/mol. The minimum Gasteiger partial charge on any atom is -0.330 e. The summed E-state index contributed by atoms with van der Waals surface area (Å²) in [6.07, 6.45) is 7.85. The first-order valence-electron chi connectivity index (χ1n) is 12.2. The fourth-order valence-electron chi connectivity index (χ4n) is 4.94. The fourth-order valence-corrected chi connectivity index (χ4v) is 5.69. The van der Waals surface area contributed by atoms with Crippen LogP contribution < -0.4 is 15.2 Å². The molecule has 0 spiro atoms. The minimum atomic E-state index is -3.57. The number of amides is 1. The number of carbonyl (C=O) groups is 1. The van der Waals surface area contributed by atoms with Gasteiger partial charge in [-0.2, -0.15) is 5.10 Å². The highest BCUT2D eigenvalue weighted by atomic mass is 35.5. The van der Waals surface area contributed by atoms with Crippen molar-refractivity contribution in [3.05, 3.63) is 52.3 Å². The zero-order valence-electron chi connectivity index (χ0n) is 20.4. The van der Waals surface area contributed by atoms with Gasteiger partial charge in [-0.05, 0) is 57.2 Å². The van der Waals surface area contributed by atoms with E-state index in [9.17, 15) is 13.2 Å². The molecule has 2 aliphatic rings. The molecule has 10 nitrogen and oxygen atoms in total. The summed E-state index contributed by atoms with van der Waals surface area (Å²) in [6, 6.07) is 6.27. The number of fused-ring (bicyclic) bond motifs is 1. The highest BCUT2D eigenvalue weighted by Gasteiger charge is 2.32. The molecule has 1 atom stereocenters. The third-order valence-electron chi connectivity index (χ3n) is 6.60. The second kappa shape index (κ2) is 9.87. The van der Waals surface area contributed by atoms with Crippen LogP contribution in [0.15, 0.2) is 30.5 Å². The molecule has 0 aliphatic carbocycles. The van der Waals surface area contributed by atoms with E-state index >= 15 is 0 Å². The SMILES string of the molecule is Cc1cn2nc(C3CCCCN3C(=O)c3cc(Cl)ccc3NS(C)(=O)=O)cc2nc1N1CCCCN1. The van der Waals surface area contributed by atoms with Crippen LogP contribution in [0.1, 0.15) is 59.8 Å². The Balaban J connectivity index is 1.49. The van der Waals surface area contributed by atoms with Gasteiger partial charge < -0.3 is 4.90 Å². The van der Waals surface area contributed by atoms with Crippen LogP contribution in [0.2, 0.25) is 5.02 Å². The highest BCUT2D eigenvalue weighted by Crippen LogP contribution is 2.34. The number of carbonyl (C=O) groups excluding carboxylic acids is 1. The number of rotatable bonds is 5. The minimum absolute atomic E-state index is 0.210. The van der Waals surface area contributed by atoms with Gasteiger partial charge in [-0.25, -0.2) is 23.3 Å².